The fourth-order valence-electron chi connectivity index (χ4n) is 2.32. The van der Waals surface area contributed by atoms with Crippen LogP contribution in [0.4, 0.5) is 5.82 Å². The average molecular weight is 259 g/mol. The summed E-state index contributed by atoms with van der Waals surface area (Å²) in [5.41, 5.74) is 3.04. The molecule has 0 bridgehead atoms. The summed E-state index contributed by atoms with van der Waals surface area (Å²) in [5, 5.41) is 12.4. The number of pyridine rings is 1. The van der Waals surface area contributed by atoms with Crippen LogP contribution in [0.1, 0.15) is 43.5 Å². The quantitative estimate of drug-likeness (QED) is 0.826. The number of aryl methyl sites for hydroxylation is 2. The van der Waals surface area contributed by atoms with Crippen LogP contribution >= 0.6 is 0 Å². The standard InChI is InChI=1S/C15H21N3O/c1-11(2)19-8-7-17-15-13(10-16)9-12-5-3-4-6-14(12)18-15/h9,11H,3-8H2,1-2H3,(H,17,18). The van der Waals surface area contributed by atoms with Crippen molar-refractivity contribution in [3.63, 3.8) is 0 Å². The minimum Gasteiger partial charge on any atom is -0.377 e. The smallest absolute Gasteiger partial charge is 0.144 e. The Kier molecular flexibility index (Phi) is 4.75. The molecule has 0 amide bonds. The molecule has 0 atom stereocenters. The van der Waals surface area contributed by atoms with Gasteiger partial charge in [-0.3, -0.25) is 0 Å². The zero-order valence-electron chi connectivity index (χ0n) is 11.7. The van der Waals surface area contributed by atoms with Crippen molar-refractivity contribution in [2.75, 3.05) is 18.5 Å². The van der Waals surface area contributed by atoms with E-state index in [-0.39, 0.29) is 6.10 Å². The van der Waals surface area contributed by atoms with Crippen LogP contribution in [0.3, 0.4) is 0 Å². The predicted octanol–water partition coefficient (Wildman–Crippen LogP) is 2.67. The lowest BCUT2D eigenvalue weighted by Crippen LogP contribution is -2.16. The van der Waals surface area contributed by atoms with E-state index in [9.17, 15) is 5.26 Å². The Balaban J connectivity index is 2.04. The van der Waals surface area contributed by atoms with E-state index in [2.05, 4.69) is 16.4 Å². The van der Waals surface area contributed by atoms with Crippen LogP contribution in [0, 0.1) is 11.3 Å². The van der Waals surface area contributed by atoms with Crippen molar-refractivity contribution in [2.24, 2.45) is 0 Å². The molecule has 1 aromatic heterocycles. The maximum Gasteiger partial charge on any atom is 0.144 e. The van der Waals surface area contributed by atoms with Gasteiger partial charge in [-0.2, -0.15) is 5.26 Å². The molecule has 0 radical (unpaired) electrons. The Labute approximate surface area is 114 Å². The van der Waals surface area contributed by atoms with E-state index in [0.717, 1.165) is 18.5 Å². The first kappa shape index (κ1) is 13.8. The second-order valence-corrected chi connectivity index (χ2v) is 5.16. The Morgan fingerprint density at radius 2 is 2.21 bits per heavy atom. The number of nitrogens with one attached hydrogen (secondary N) is 1. The largest absolute Gasteiger partial charge is 0.377 e. The van der Waals surface area contributed by atoms with Crippen LogP contribution in [0.15, 0.2) is 6.07 Å². The van der Waals surface area contributed by atoms with Gasteiger partial charge < -0.3 is 10.1 Å². The average Bonchev–Trinajstić information content (AvgIpc) is 2.42. The van der Waals surface area contributed by atoms with Gasteiger partial charge in [0.2, 0.25) is 0 Å². The lowest BCUT2D eigenvalue weighted by atomic mass is 9.95. The van der Waals surface area contributed by atoms with Gasteiger partial charge in [0.05, 0.1) is 18.3 Å². The van der Waals surface area contributed by atoms with E-state index < -0.39 is 0 Å². The number of nitriles is 1. The van der Waals surface area contributed by atoms with Crippen molar-refractivity contribution in [1.82, 2.24) is 4.98 Å². The zero-order chi connectivity index (χ0) is 13.7. The second kappa shape index (κ2) is 6.53. The van der Waals surface area contributed by atoms with Gasteiger partial charge in [-0.15, -0.1) is 0 Å². The molecule has 1 aromatic rings. The Morgan fingerprint density at radius 3 is 2.95 bits per heavy atom. The molecule has 1 aliphatic carbocycles. The van der Waals surface area contributed by atoms with Crippen LogP contribution in [0.5, 0.6) is 0 Å². The van der Waals surface area contributed by atoms with Gasteiger partial charge in [0, 0.05) is 12.2 Å². The molecule has 0 aromatic carbocycles. The van der Waals surface area contributed by atoms with Gasteiger partial charge in [-0.05, 0) is 51.2 Å². The van der Waals surface area contributed by atoms with Crippen molar-refractivity contribution in [1.29, 1.82) is 5.26 Å². The molecule has 0 fully saturated rings. The fourth-order valence-corrected chi connectivity index (χ4v) is 2.32. The Hall–Kier alpha value is -1.60. The summed E-state index contributed by atoms with van der Waals surface area (Å²) in [7, 11) is 0. The summed E-state index contributed by atoms with van der Waals surface area (Å²) in [6.07, 6.45) is 4.70. The molecule has 19 heavy (non-hydrogen) atoms. The first-order chi connectivity index (χ1) is 9.20. The van der Waals surface area contributed by atoms with Crippen molar-refractivity contribution < 1.29 is 4.74 Å². The number of aromatic nitrogens is 1. The minimum atomic E-state index is 0.230. The highest BCUT2D eigenvalue weighted by atomic mass is 16.5. The van der Waals surface area contributed by atoms with E-state index in [1.165, 1.54) is 18.4 Å². The third-order valence-corrected chi connectivity index (χ3v) is 3.27. The number of fused-ring (bicyclic) bond motifs is 1. The molecule has 0 saturated carbocycles. The highest BCUT2D eigenvalue weighted by Gasteiger charge is 2.14. The normalized spacial score (nSPS) is 14.0. The summed E-state index contributed by atoms with van der Waals surface area (Å²) >= 11 is 0. The fraction of sp³-hybridized carbons (Fsp3) is 0.600. The molecule has 0 saturated heterocycles. The van der Waals surface area contributed by atoms with Gasteiger partial charge in [0.25, 0.3) is 0 Å². The van der Waals surface area contributed by atoms with Crippen molar-refractivity contribution in [3.05, 3.63) is 22.9 Å². The summed E-state index contributed by atoms with van der Waals surface area (Å²) < 4.78 is 5.48. The molecule has 4 nitrogen and oxygen atoms in total. The second-order valence-electron chi connectivity index (χ2n) is 5.16. The highest BCUT2D eigenvalue weighted by molar-refractivity contribution is 5.54. The molecule has 1 N–H and O–H groups in total. The molecule has 102 valence electrons. The number of anilines is 1. The summed E-state index contributed by atoms with van der Waals surface area (Å²) in [6, 6.07) is 4.22. The third-order valence-electron chi connectivity index (χ3n) is 3.27. The van der Waals surface area contributed by atoms with Gasteiger partial charge in [0.15, 0.2) is 0 Å². The van der Waals surface area contributed by atoms with Crippen molar-refractivity contribution in [2.45, 2.75) is 45.6 Å². The van der Waals surface area contributed by atoms with Gasteiger partial charge in [-0.25, -0.2) is 4.98 Å². The van der Waals surface area contributed by atoms with Crippen LogP contribution in [-0.2, 0) is 17.6 Å². The first-order valence-corrected chi connectivity index (χ1v) is 6.99. The van der Waals surface area contributed by atoms with Crippen LogP contribution < -0.4 is 5.32 Å². The molecule has 4 heteroatoms. The highest BCUT2D eigenvalue weighted by Crippen LogP contribution is 2.24. The van der Waals surface area contributed by atoms with E-state index >= 15 is 0 Å². The molecule has 0 unspecified atom stereocenters. The molecule has 0 aliphatic heterocycles. The first-order valence-electron chi connectivity index (χ1n) is 6.99. The number of hydrogen-bond donors (Lipinski definition) is 1. The van der Waals surface area contributed by atoms with Gasteiger partial charge in [0.1, 0.15) is 11.9 Å². The zero-order valence-corrected chi connectivity index (χ0v) is 11.7. The molecular formula is C15H21N3O. The van der Waals surface area contributed by atoms with E-state index in [1.54, 1.807) is 0 Å². The minimum absolute atomic E-state index is 0.230. The number of nitrogens with zero attached hydrogens (tertiary/aromatic N) is 2. The van der Waals surface area contributed by atoms with E-state index in [0.29, 0.717) is 24.5 Å². The lowest BCUT2D eigenvalue weighted by Gasteiger charge is -2.17. The number of ether oxygens (including phenoxy) is 1. The van der Waals surface area contributed by atoms with E-state index in [4.69, 9.17) is 4.74 Å². The van der Waals surface area contributed by atoms with Gasteiger partial charge in [-0.1, -0.05) is 0 Å². The van der Waals surface area contributed by atoms with Gasteiger partial charge >= 0.3 is 0 Å². The van der Waals surface area contributed by atoms with Crippen LogP contribution in [-0.4, -0.2) is 24.2 Å². The molecule has 2 rings (SSSR count). The summed E-state index contributed by atoms with van der Waals surface area (Å²) in [4.78, 5) is 4.61. The Bertz CT molecular complexity index is 477. The van der Waals surface area contributed by atoms with E-state index in [1.807, 2.05) is 19.9 Å². The summed E-state index contributed by atoms with van der Waals surface area (Å²) in [5.74, 6) is 0.704. The third kappa shape index (κ3) is 3.68. The molecule has 1 aliphatic rings. The maximum atomic E-state index is 9.20. The van der Waals surface area contributed by atoms with Crippen LogP contribution in [0.25, 0.3) is 0 Å². The monoisotopic (exact) mass is 259 g/mol. The summed E-state index contributed by atoms with van der Waals surface area (Å²) in [6.45, 7) is 5.33. The van der Waals surface area contributed by atoms with Crippen molar-refractivity contribution >= 4 is 5.82 Å². The predicted molar refractivity (Wildman–Crippen MR) is 75.2 cm³/mol. The SMILES string of the molecule is CC(C)OCCNc1nc2c(cc1C#N)CCCC2. The number of rotatable bonds is 5. The topological polar surface area (TPSA) is 57.9 Å². The lowest BCUT2D eigenvalue weighted by molar-refractivity contribution is 0.0870. The molecule has 1 heterocycles. The maximum absolute atomic E-state index is 9.20. The Morgan fingerprint density at radius 1 is 1.42 bits per heavy atom. The van der Waals surface area contributed by atoms with Crippen LogP contribution in [0.2, 0.25) is 0 Å². The number of hydrogen-bond acceptors (Lipinski definition) is 4. The van der Waals surface area contributed by atoms with Crippen molar-refractivity contribution in [3.8, 4) is 6.07 Å². The molecule has 0 spiro atoms. The molecular weight excluding hydrogens is 238 g/mol.